The fourth-order valence-electron chi connectivity index (χ4n) is 3.71. The number of nitrogens with one attached hydrogen (secondary N) is 1. The monoisotopic (exact) mass is 362 g/mol. The number of benzene rings is 1. The van der Waals surface area contributed by atoms with E-state index in [0.29, 0.717) is 21.6 Å². The van der Waals surface area contributed by atoms with Crippen LogP contribution in [0.5, 0.6) is 0 Å². The van der Waals surface area contributed by atoms with Crippen LogP contribution in [0.2, 0.25) is 10.0 Å². The summed E-state index contributed by atoms with van der Waals surface area (Å²) >= 11 is 11.9. The van der Waals surface area contributed by atoms with E-state index in [1.54, 1.807) is 18.2 Å². The topological polar surface area (TPSA) is 71.2 Å². The molecule has 7 heteroatoms. The molecule has 2 atom stereocenters. The molecule has 0 radical (unpaired) electrons. The minimum absolute atomic E-state index is 0.0480. The Morgan fingerprint density at radius 3 is 2.88 bits per heavy atom. The molecule has 2 aliphatic rings. The van der Waals surface area contributed by atoms with E-state index >= 15 is 0 Å². The number of pyridine rings is 1. The van der Waals surface area contributed by atoms with Crippen molar-refractivity contribution in [1.82, 2.24) is 9.88 Å². The summed E-state index contributed by atoms with van der Waals surface area (Å²) in [6.07, 6.45) is 4.57. The second-order valence-electron chi connectivity index (χ2n) is 6.23. The minimum Gasteiger partial charge on any atom is -0.384 e. The van der Waals surface area contributed by atoms with Crippen molar-refractivity contribution in [2.24, 2.45) is 0 Å². The lowest BCUT2D eigenvalue weighted by Gasteiger charge is -2.36. The molecule has 0 unspecified atom stereocenters. The molecule has 2 aromatic rings. The molecule has 0 spiro atoms. The molecule has 1 aromatic heterocycles. The van der Waals surface area contributed by atoms with E-state index in [1.165, 1.54) is 5.56 Å². The van der Waals surface area contributed by atoms with Gasteiger partial charge in [-0.2, -0.15) is 0 Å². The van der Waals surface area contributed by atoms with E-state index in [1.807, 2.05) is 17.2 Å². The van der Waals surface area contributed by atoms with Crippen molar-refractivity contribution in [2.75, 3.05) is 11.1 Å². The predicted molar refractivity (Wildman–Crippen MR) is 95.4 cm³/mol. The normalized spacial score (nSPS) is 21.5. The molecule has 124 valence electrons. The highest BCUT2D eigenvalue weighted by atomic mass is 35.5. The van der Waals surface area contributed by atoms with Gasteiger partial charge in [-0.1, -0.05) is 23.2 Å². The van der Waals surface area contributed by atoms with Crippen LogP contribution in [0.3, 0.4) is 0 Å². The zero-order chi connectivity index (χ0) is 16.8. The van der Waals surface area contributed by atoms with Gasteiger partial charge in [0, 0.05) is 17.9 Å². The maximum Gasteiger partial charge on any atom is 0.322 e. The highest BCUT2D eigenvalue weighted by molar-refractivity contribution is 6.42. The largest absolute Gasteiger partial charge is 0.384 e. The van der Waals surface area contributed by atoms with Crippen molar-refractivity contribution in [3.63, 3.8) is 0 Å². The number of rotatable bonds is 1. The first-order chi connectivity index (χ1) is 11.5. The van der Waals surface area contributed by atoms with Crippen LogP contribution in [0.15, 0.2) is 30.5 Å². The SMILES string of the molecule is Nc1cc2c(cn1)C[C@@H]1CC[C@H]2N1C(=O)Nc1ccc(Cl)c(Cl)c1. The Morgan fingerprint density at radius 1 is 1.25 bits per heavy atom. The number of halogens is 2. The van der Waals surface area contributed by atoms with E-state index in [0.717, 1.165) is 24.8 Å². The lowest BCUT2D eigenvalue weighted by Crippen LogP contribution is -2.44. The average Bonchev–Trinajstić information content (AvgIpc) is 2.88. The highest BCUT2D eigenvalue weighted by Gasteiger charge is 2.42. The highest BCUT2D eigenvalue weighted by Crippen LogP contribution is 2.44. The summed E-state index contributed by atoms with van der Waals surface area (Å²) in [6, 6.07) is 7.08. The summed E-state index contributed by atoms with van der Waals surface area (Å²) in [6.45, 7) is 0. The zero-order valence-electron chi connectivity index (χ0n) is 12.8. The molecule has 0 saturated carbocycles. The molecule has 1 aromatic carbocycles. The third-order valence-electron chi connectivity index (χ3n) is 4.77. The molecule has 3 heterocycles. The van der Waals surface area contributed by atoms with Gasteiger partial charge in [-0.25, -0.2) is 9.78 Å². The number of amides is 2. The van der Waals surface area contributed by atoms with Crippen LogP contribution in [0, 0.1) is 0 Å². The van der Waals surface area contributed by atoms with Crippen LogP contribution in [0.25, 0.3) is 0 Å². The number of nitrogens with zero attached hydrogens (tertiary/aromatic N) is 2. The molecule has 4 rings (SSSR count). The fraction of sp³-hybridized carbons (Fsp3) is 0.294. The third kappa shape index (κ3) is 2.58. The lowest BCUT2D eigenvalue weighted by atomic mass is 9.95. The Bertz CT molecular complexity index is 826. The number of carbonyl (C=O) groups excluding carboxylic acids is 1. The minimum atomic E-state index is -0.123. The molecular formula is C17H16Cl2N4O. The van der Waals surface area contributed by atoms with E-state index in [9.17, 15) is 4.79 Å². The van der Waals surface area contributed by atoms with Gasteiger partial charge in [-0.15, -0.1) is 0 Å². The Labute approximate surface area is 149 Å². The van der Waals surface area contributed by atoms with Crippen LogP contribution in [-0.4, -0.2) is 22.0 Å². The van der Waals surface area contributed by atoms with Crippen molar-refractivity contribution in [2.45, 2.75) is 31.3 Å². The first kappa shape index (κ1) is 15.5. The summed E-state index contributed by atoms with van der Waals surface area (Å²) < 4.78 is 0. The van der Waals surface area contributed by atoms with E-state index in [-0.39, 0.29) is 18.1 Å². The van der Waals surface area contributed by atoms with Gasteiger partial charge in [0.2, 0.25) is 0 Å². The van der Waals surface area contributed by atoms with Gasteiger partial charge < -0.3 is 16.0 Å². The number of anilines is 2. The number of urea groups is 1. The quantitative estimate of drug-likeness (QED) is 0.795. The Kier molecular flexibility index (Phi) is 3.77. The zero-order valence-corrected chi connectivity index (χ0v) is 14.3. The smallest absolute Gasteiger partial charge is 0.322 e. The number of hydrogen-bond donors (Lipinski definition) is 2. The maximum absolute atomic E-state index is 12.8. The standard InChI is InChI=1S/C17H16Cl2N4O/c18-13-3-1-10(6-14(13)19)22-17(24)23-11-2-4-15(23)12-7-16(20)21-8-9(12)5-11/h1,3,6-8,11,15H,2,4-5H2,(H2,20,21)(H,22,24)/t11-,15+/m0/s1. The van der Waals surface area contributed by atoms with Gasteiger partial charge in [-0.05, 0) is 54.7 Å². The van der Waals surface area contributed by atoms with Crippen molar-refractivity contribution < 1.29 is 4.79 Å². The molecule has 5 nitrogen and oxygen atoms in total. The predicted octanol–water partition coefficient (Wildman–Crippen LogP) is 4.26. The molecule has 3 N–H and O–H groups in total. The van der Waals surface area contributed by atoms with Crippen LogP contribution in [-0.2, 0) is 6.42 Å². The van der Waals surface area contributed by atoms with Crippen LogP contribution in [0.1, 0.15) is 30.0 Å². The van der Waals surface area contributed by atoms with Crippen molar-refractivity contribution in [3.8, 4) is 0 Å². The van der Waals surface area contributed by atoms with Crippen LogP contribution in [0.4, 0.5) is 16.3 Å². The summed E-state index contributed by atoms with van der Waals surface area (Å²) in [7, 11) is 0. The Morgan fingerprint density at radius 2 is 2.08 bits per heavy atom. The molecule has 0 aliphatic carbocycles. The van der Waals surface area contributed by atoms with Gasteiger partial charge in [0.05, 0.1) is 16.1 Å². The van der Waals surface area contributed by atoms with Crippen molar-refractivity contribution >= 4 is 40.7 Å². The Balaban J connectivity index is 1.60. The third-order valence-corrected chi connectivity index (χ3v) is 5.51. The van der Waals surface area contributed by atoms with E-state index in [2.05, 4.69) is 10.3 Å². The second kappa shape index (κ2) is 5.83. The number of fused-ring (bicyclic) bond motifs is 4. The second-order valence-corrected chi connectivity index (χ2v) is 7.04. The number of hydrogen-bond acceptors (Lipinski definition) is 3. The summed E-state index contributed by atoms with van der Waals surface area (Å²) in [5, 5.41) is 3.80. The van der Waals surface area contributed by atoms with Crippen molar-refractivity contribution in [3.05, 3.63) is 51.6 Å². The van der Waals surface area contributed by atoms with Gasteiger partial charge >= 0.3 is 6.03 Å². The van der Waals surface area contributed by atoms with E-state index < -0.39 is 0 Å². The molecule has 2 aliphatic heterocycles. The maximum atomic E-state index is 12.8. The Hall–Kier alpha value is -1.98. The molecule has 2 amide bonds. The average molecular weight is 363 g/mol. The lowest BCUT2D eigenvalue weighted by molar-refractivity contribution is 0.179. The molecule has 24 heavy (non-hydrogen) atoms. The van der Waals surface area contributed by atoms with Gasteiger partial charge in [0.1, 0.15) is 5.82 Å². The first-order valence-electron chi connectivity index (χ1n) is 7.81. The summed E-state index contributed by atoms with van der Waals surface area (Å²) in [5.74, 6) is 0.490. The van der Waals surface area contributed by atoms with E-state index in [4.69, 9.17) is 28.9 Å². The molecule has 1 saturated heterocycles. The van der Waals surface area contributed by atoms with Gasteiger partial charge in [0.15, 0.2) is 0 Å². The number of nitrogens with two attached hydrogens (primary N) is 1. The number of nitrogen functional groups attached to an aromatic ring is 1. The summed E-state index contributed by atoms with van der Waals surface area (Å²) in [4.78, 5) is 18.9. The van der Waals surface area contributed by atoms with Gasteiger partial charge in [0.25, 0.3) is 0 Å². The molecular weight excluding hydrogens is 347 g/mol. The van der Waals surface area contributed by atoms with Crippen molar-refractivity contribution in [1.29, 1.82) is 0 Å². The molecule has 1 fully saturated rings. The molecule has 2 bridgehead atoms. The van der Waals surface area contributed by atoms with Crippen LogP contribution < -0.4 is 11.1 Å². The van der Waals surface area contributed by atoms with Gasteiger partial charge in [-0.3, -0.25) is 0 Å². The number of aromatic nitrogens is 1. The summed E-state index contributed by atoms with van der Waals surface area (Å²) in [5.41, 5.74) is 8.77. The fourth-order valence-corrected chi connectivity index (χ4v) is 4.01. The first-order valence-corrected chi connectivity index (χ1v) is 8.57. The van der Waals surface area contributed by atoms with Crippen LogP contribution >= 0.6 is 23.2 Å². The number of carbonyl (C=O) groups is 1.